The molecule has 5 nitrogen and oxygen atoms in total. The maximum Gasteiger partial charge on any atom is 0.412 e. The minimum Gasteiger partial charge on any atom is -0.444 e. The molecule has 2 unspecified atom stereocenters. The van der Waals surface area contributed by atoms with Gasteiger partial charge in [-0.3, -0.25) is 4.90 Å². The molecular weight excluding hydrogens is 624 g/mol. The maximum atomic E-state index is 15.1. The van der Waals surface area contributed by atoms with Crippen LogP contribution in [0.1, 0.15) is 31.9 Å². The predicted molar refractivity (Wildman–Crippen MR) is 130 cm³/mol. The van der Waals surface area contributed by atoms with Crippen LogP contribution in [0.2, 0.25) is 0 Å². The number of carbonyl (C=O) groups is 1. The zero-order chi connectivity index (χ0) is 27.6. The van der Waals surface area contributed by atoms with Crippen LogP contribution in [-0.2, 0) is 15.8 Å². The molecule has 1 amide bonds. The van der Waals surface area contributed by atoms with Gasteiger partial charge in [0.05, 0.1) is 0 Å². The van der Waals surface area contributed by atoms with Crippen molar-refractivity contribution >= 4 is 38.0 Å². The molecule has 0 fully saturated rings. The fourth-order valence-corrected chi connectivity index (χ4v) is 4.62. The normalized spacial score (nSPS) is 15.5. The number of carbonyl (C=O) groups excluding carboxylic acids is 1. The summed E-state index contributed by atoms with van der Waals surface area (Å²) in [5, 5.41) is 0. The average Bonchev–Trinajstić information content (AvgIpc) is 2.76. The first-order chi connectivity index (χ1) is 16.6. The molecule has 2 aromatic rings. The van der Waals surface area contributed by atoms with E-state index < -0.39 is 71.5 Å². The van der Waals surface area contributed by atoms with Crippen molar-refractivity contribution < 1.29 is 35.9 Å². The summed E-state index contributed by atoms with van der Waals surface area (Å²) in [5.41, 5.74) is 1.82. The molecule has 2 atom stereocenters. The number of nitrogens with zero attached hydrogens (tertiary/aromatic N) is 1. The topological polar surface area (TPSA) is 81.6 Å². The molecule has 0 heterocycles. The third-order valence-electron chi connectivity index (χ3n) is 5.51. The Labute approximate surface area is 221 Å². The third kappa shape index (κ3) is 5.53. The number of hydrogen-bond acceptors (Lipinski definition) is 4. The first-order valence-electron chi connectivity index (χ1n) is 10.5. The van der Waals surface area contributed by atoms with Gasteiger partial charge in [0.2, 0.25) is 0 Å². The van der Waals surface area contributed by atoms with Gasteiger partial charge in [0.15, 0.2) is 0 Å². The summed E-state index contributed by atoms with van der Waals surface area (Å²) in [5.74, 6) is -2.54. The molecule has 0 aliphatic rings. The Kier molecular flexibility index (Phi) is 9.52. The van der Waals surface area contributed by atoms with Crippen LogP contribution >= 0.6 is 31.9 Å². The van der Waals surface area contributed by atoms with Gasteiger partial charge in [-0.05, 0) is 57.2 Å². The van der Waals surface area contributed by atoms with Gasteiger partial charge >= 0.3 is 6.09 Å². The molecule has 0 bridgehead atoms. The van der Waals surface area contributed by atoms with E-state index in [9.17, 15) is 4.79 Å². The smallest absolute Gasteiger partial charge is 0.412 e. The van der Waals surface area contributed by atoms with Crippen LogP contribution < -0.4 is 11.5 Å². The molecule has 13 heteroatoms. The van der Waals surface area contributed by atoms with E-state index in [2.05, 4.69) is 31.9 Å². The number of halogens is 8. The summed E-state index contributed by atoms with van der Waals surface area (Å²) >= 11 is 6.08. The van der Waals surface area contributed by atoms with Gasteiger partial charge in [-0.25, -0.2) is 31.1 Å². The van der Waals surface area contributed by atoms with E-state index in [1.165, 1.54) is 32.9 Å². The van der Waals surface area contributed by atoms with Crippen LogP contribution in [0, 0.1) is 11.6 Å². The zero-order valence-corrected chi connectivity index (χ0v) is 22.6. The second-order valence-electron chi connectivity index (χ2n) is 8.92. The Morgan fingerprint density at radius 1 is 0.861 bits per heavy atom. The van der Waals surface area contributed by atoms with Crippen LogP contribution in [0.5, 0.6) is 0 Å². The van der Waals surface area contributed by atoms with E-state index in [0.717, 1.165) is 24.3 Å². The lowest BCUT2D eigenvalue weighted by Gasteiger charge is -2.52. The summed E-state index contributed by atoms with van der Waals surface area (Å²) in [6, 6.07) is 5.73. The van der Waals surface area contributed by atoms with E-state index in [0.29, 0.717) is 0 Å². The standard InChI is InChI=1S/C23H25Br2F6N3O2/c1-21(2,3)36-20(35)34(22(10-32,18(28)29)14-8-12(24)4-6-16(14)26)23(11-33,19(30)31)15-9-13(25)5-7-17(15)27/h4-9,18-19H,10-11,32-33H2,1-3H3. The van der Waals surface area contributed by atoms with Crippen molar-refractivity contribution in [1.29, 1.82) is 0 Å². The SMILES string of the molecule is CC(C)(C)OC(=O)N(C(CN)(c1cc(Br)ccc1F)C(F)F)C(CN)(c1cc(Br)ccc1F)C(F)F. The van der Waals surface area contributed by atoms with Crippen LogP contribution in [0.15, 0.2) is 45.3 Å². The number of nitrogens with two attached hydrogens (primary N) is 2. The summed E-state index contributed by atoms with van der Waals surface area (Å²) < 4.78 is 96.1. The molecule has 0 aliphatic carbocycles. The van der Waals surface area contributed by atoms with Crippen LogP contribution in [-0.4, -0.2) is 42.5 Å². The minimum atomic E-state index is -3.75. The van der Waals surface area contributed by atoms with Crippen molar-refractivity contribution in [3.05, 3.63) is 68.1 Å². The largest absolute Gasteiger partial charge is 0.444 e. The van der Waals surface area contributed by atoms with Crippen molar-refractivity contribution in [1.82, 2.24) is 4.90 Å². The summed E-state index contributed by atoms with van der Waals surface area (Å²) in [6.07, 6.45) is -9.23. The number of amides is 1. The number of alkyl halides is 4. The van der Waals surface area contributed by atoms with E-state index in [4.69, 9.17) is 16.2 Å². The first kappa shape index (κ1) is 30.4. The molecule has 2 rings (SSSR count). The molecule has 4 N–H and O–H groups in total. The second kappa shape index (κ2) is 11.3. The molecule has 0 aromatic heterocycles. The van der Waals surface area contributed by atoms with E-state index in [1.54, 1.807) is 0 Å². The van der Waals surface area contributed by atoms with Gasteiger partial charge in [0.1, 0.15) is 28.3 Å². The quantitative estimate of drug-likeness (QED) is 0.331. The average molecular weight is 649 g/mol. The van der Waals surface area contributed by atoms with Crippen molar-refractivity contribution in [2.24, 2.45) is 11.5 Å². The highest BCUT2D eigenvalue weighted by Gasteiger charge is 2.63. The van der Waals surface area contributed by atoms with Gasteiger partial charge in [-0.2, -0.15) is 0 Å². The van der Waals surface area contributed by atoms with Gasteiger partial charge in [0.25, 0.3) is 12.9 Å². The summed E-state index contributed by atoms with van der Waals surface area (Å²) in [4.78, 5) is 13.5. The van der Waals surface area contributed by atoms with Crippen molar-refractivity contribution in [2.75, 3.05) is 13.1 Å². The number of benzene rings is 2. The van der Waals surface area contributed by atoms with Crippen molar-refractivity contribution in [3.63, 3.8) is 0 Å². The number of hydrogen-bond donors (Lipinski definition) is 2. The number of rotatable bonds is 8. The molecule has 36 heavy (non-hydrogen) atoms. The first-order valence-corrected chi connectivity index (χ1v) is 12.1. The lowest BCUT2D eigenvalue weighted by molar-refractivity contribution is -0.148. The van der Waals surface area contributed by atoms with Gasteiger partial charge in [0, 0.05) is 33.2 Å². The molecule has 200 valence electrons. The Morgan fingerprint density at radius 2 is 1.22 bits per heavy atom. The molecule has 0 spiro atoms. The monoisotopic (exact) mass is 647 g/mol. The highest BCUT2D eigenvalue weighted by molar-refractivity contribution is 9.10. The van der Waals surface area contributed by atoms with Crippen molar-refractivity contribution in [3.8, 4) is 0 Å². The third-order valence-corrected chi connectivity index (χ3v) is 6.49. The van der Waals surface area contributed by atoms with Crippen LogP contribution in [0.25, 0.3) is 0 Å². The Balaban J connectivity index is 3.15. The van der Waals surface area contributed by atoms with E-state index in [1.807, 2.05) is 0 Å². The van der Waals surface area contributed by atoms with E-state index >= 15 is 26.3 Å². The lowest BCUT2D eigenvalue weighted by Crippen LogP contribution is -2.70. The van der Waals surface area contributed by atoms with Crippen molar-refractivity contribution in [2.45, 2.75) is 50.3 Å². The van der Waals surface area contributed by atoms with Crippen LogP contribution in [0.3, 0.4) is 0 Å². The van der Waals surface area contributed by atoms with E-state index in [-0.39, 0.29) is 13.8 Å². The molecule has 2 aromatic carbocycles. The Bertz CT molecular complexity index is 1030. The van der Waals surface area contributed by atoms with Gasteiger partial charge < -0.3 is 16.2 Å². The molecule has 0 radical (unpaired) electrons. The fraction of sp³-hybridized carbons (Fsp3) is 0.435. The lowest BCUT2D eigenvalue weighted by atomic mass is 9.79. The predicted octanol–water partition coefficient (Wildman–Crippen LogP) is 6.27. The number of ether oxygens (including phenoxy) is 1. The molecule has 0 saturated heterocycles. The summed E-state index contributed by atoms with van der Waals surface area (Å²) in [7, 11) is 0. The minimum absolute atomic E-state index is 0.0870. The zero-order valence-electron chi connectivity index (χ0n) is 19.5. The van der Waals surface area contributed by atoms with Gasteiger partial charge in [-0.1, -0.05) is 31.9 Å². The highest BCUT2D eigenvalue weighted by atomic mass is 79.9. The fourth-order valence-electron chi connectivity index (χ4n) is 3.90. The van der Waals surface area contributed by atoms with Gasteiger partial charge in [-0.15, -0.1) is 0 Å². The molecule has 0 aliphatic heterocycles. The summed E-state index contributed by atoms with van der Waals surface area (Å²) in [6.45, 7) is 1.59. The highest BCUT2D eigenvalue weighted by Crippen LogP contribution is 2.48. The Hall–Kier alpha value is -1.83. The molecular formula is C23H25Br2F6N3O2. The second-order valence-corrected chi connectivity index (χ2v) is 10.8. The maximum absolute atomic E-state index is 15.1. The van der Waals surface area contributed by atoms with Crippen LogP contribution in [0.4, 0.5) is 31.1 Å². The molecule has 0 saturated carbocycles. The Morgan fingerprint density at radius 3 is 1.50 bits per heavy atom.